The Labute approximate surface area is 220 Å². The second-order valence-electron chi connectivity index (χ2n) is 10.4. The van der Waals surface area contributed by atoms with Gasteiger partial charge in [-0.25, -0.2) is 4.57 Å². The molecule has 0 bridgehead atoms. The third-order valence-corrected chi connectivity index (χ3v) is 6.66. The van der Waals surface area contributed by atoms with E-state index in [0.717, 1.165) is 32.1 Å². The number of carbonyl (C=O) groups excluding carboxylic acids is 1. The first-order chi connectivity index (χ1) is 17.0. The highest BCUT2D eigenvalue weighted by Crippen LogP contribution is 2.43. The Kier molecular flexibility index (Phi) is 20.4. The number of aliphatic hydroxyl groups is 1. The Morgan fingerprint density at radius 3 is 2.19 bits per heavy atom. The Morgan fingerprint density at radius 1 is 0.917 bits per heavy atom. The van der Waals surface area contributed by atoms with Crippen molar-refractivity contribution in [3.63, 3.8) is 0 Å². The van der Waals surface area contributed by atoms with Crippen LogP contribution in [0.25, 0.3) is 0 Å². The minimum atomic E-state index is -4.30. The molecule has 3 atom stereocenters. The van der Waals surface area contributed by atoms with Crippen molar-refractivity contribution in [3.8, 4) is 0 Å². The fourth-order valence-corrected chi connectivity index (χ4v) is 4.06. The molecule has 0 aromatic rings. The van der Waals surface area contributed by atoms with Gasteiger partial charge in [-0.1, -0.05) is 76.7 Å². The molecule has 0 saturated carbocycles. The van der Waals surface area contributed by atoms with E-state index in [9.17, 15) is 19.4 Å². The van der Waals surface area contributed by atoms with Crippen molar-refractivity contribution in [2.45, 2.75) is 103 Å². The van der Waals surface area contributed by atoms with Crippen molar-refractivity contribution in [3.05, 3.63) is 24.3 Å². The summed E-state index contributed by atoms with van der Waals surface area (Å²) in [4.78, 5) is 22.2. The molecule has 3 unspecified atom stereocenters. The zero-order valence-electron chi connectivity index (χ0n) is 23.5. The quantitative estimate of drug-likeness (QED) is 0.0693. The Balaban J connectivity index is 4.59. The maximum Gasteiger partial charge on any atom is 0.472 e. The van der Waals surface area contributed by atoms with Crippen LogP contribution >= 0.6 is 7.82 Å². The van der Waals surface area contributed by atoms with Crippen LogP contribution in [0.5, 0.6) is 0 Å². The van der Waals surface area contributed by atoms with Crippen LogP contribution in [0.4, 0.5) is 0 Å². The van der Waals surface area contributed by atoms with Gasteiger partial charge in [-0.05, 0) is 32.1 Å². The van der Waals surface area contributed by atoms with Gasteiger partial charge in [0.2, 0.25) is 5.91 Å². The van der Waals surface area contributed by atoms with Crippen LogP contribution < -0.4 is 5.32 Å². The molecule has 9 heteroatoms. The number of quaternary nitrogens is 1. The third-order valence-electron chi connectivity index (χ3n) is 5.67. The number of aliphatic hydroxyl groups excluding tert-OH is 1. The predicted octanol–water partition coefficient (Wildman–Crippen LogP) is 5.51. The standard InChI is InChI=1S/C27H53N2O6P/c1-6-8-10-11-12-13-14-15-16-17-18-19-20-26(30)25(28-27(31)21-9-7-2)24-35-36(32,33)34-23-22-29(3,4)5/h15-16,19-20,25-26,30H,6-14,17-18,21-24H2,1-5H3,(H-,28,31,32,33)/p+1/b16-15+,20-19+. The van der Waals surface area contributed by atoms with Gasteiger partial charge in [-0.15, -0.1) is 0 Å². The van der Waals surface area contributed by atoms with Crippen LogP contribution in [-0.4, -0.2) is 73.4 Å². The maximum absolute atomic E-state index is 12.2. The molecule has 0 heterocycles. The molecule has 0 aliphatic rings. The normalized spacial score (nSPS) is 15.9. The lowest BCUT2D eigenvalue weighted by Gasteiger charge is -2.25. The summed E-state index contributed by atoms with van der Waals surface area (Å²) in [6.45, 7) is 4.47. The van der Waals surface area contributed by atoms with E-state index in [1.165, 1.54) is 38.5 Å². The third kappa shape index (κ3) is 22.2. The zero-order chi connectivity index (χ0) is 27.3. The predicted molar refractivity (Wildman–Crippen MR) is 148 cm³/mol. The number of hydrogen-bond donors (Lipinski definition) is 3. The number of amides is 1. The lowest BCUT2D eigenvalue weighted by molar-refractivity contribution is -0.870. The maximum atomic E-state index is 12.2. The first kappa shape index (κ1) is 35.0. The van der Waals surface area contributed by atoms with E-state index < -0.39 is 20.0 Å². The average molecular weight is 534 g/mol. The number of nitrogens with zero attached hydrogens (tertiary/aromatic N) is 1. The number of phosphoric ester groups is 1. The fraction of sp³-hybridized carbons (Fsp3) is 0.815. The molecule has 3 N–H and O–H groups in total. The average Bonchev–Trinajstić information content (AvgIpc) is 2.79. The van der Waals surface area contributed by atoms with Crippen molar-refractivity contribution in [2.24, 2.45) is 0 Å². The van der Waals surface area contributed by atoms with Crippen molar-refractivity contribution in [2.75, 3.05) is 40.9 Å². The molecule has 0 aliphatic heterocycles. The second kappa shape index (κ2) is 21.0. The number of nitrogens with one attached hydrogen (secondary N) is 1. The Morgan fingerprint density at radius 2 is 1.53 bits per heavy atom. The number of allylic oxidation sites excluding steroid dienone is 3. The molecule has 212 valence electrons. The van der Waals surface area contributed by atoms with E-state index in [4.69, 9.17) is 9.05 Å². The van der Waals surface area contributed by atoms with Crippen LogP contribution in [0, 0.1) is 0 Å². The van der Waals surface area contributed by atoms with Gasteiger partial charge in [0.1, 0.15) is 13.2 Å². The summed E-state index contributed by atoms with van der Waals surface area (Å²) in [5.41, 5.74) is 0. The first-order valence-electron chi connectivity index (χ1n) is 13.7. The number of phosphoric acid groups is 1. The van der Waals surface area contributed by atoms with Crippen LogP contribution in [-0.2, 0) is 18.4 Å². The van der Waals surface area contributed by atoms with Crippen LogP contribution in [0.15, 0.2) is 24.3 Å². The summed E-state index contributed by atoms with van der Waals surface area (Å²) in [5, 5.41) is 13.3. The molecule has 36 heavy (non-hydrogen) atoms. The summed E-state index contributed by atoms with van der Waals surface area (Å²) in [7, 11) is 1.54. The first-order valence-corrected chi connectivity index (χ1v) is 15.2. The van der Waals surface area contributed by atoms with Gasteiger partial charge in [0.25, 0.3) is 0 Å². The molecule has 0 aromatic carbocycles. The van der Waals surface area contributed by atoms with Gasteiger partial charge >= 0.3 is 7.82 Å². The molecular formula is C27H54N2O6P+. The Hall–Kier alpha value is -1.02. The van der Waals surface area contributed by atoms with Crippen LogP contribution in [0.3, 0.4) is 0 Å². The highest BCUT2D eigenvalue weighted by atomic mass is 31.2. The number of hydrogen-bond acceptors (Lipinski definition) is 5. The number of unbranched alkanes of at least 4 members (excludes halogenated alkanes) is 8. The molecule has 0 saturated heterocycles. The fourth-order valence-electron chi connectivity index (χ4n) is 3.32. The topological polar surface area (TPSA) is 105 Å². The second-order valence-corrected chi connectivity index (χ2v) is 11.9. The molecule has 0 aliphatic carbocycles. The van der Waals surface area contributed by atoms with E-state index in [1.54, 1.807) is 6.08 Å². The summed E-state index contributed by atoms with van der Waals surface area (Å²) >= 11 is 0. The number of rotatable bonds is 23. The minimum Gasteiger partial charge on any atom is -0.387 e. The molecule has 8 nitrogen and oxygen atoms in total. The smallest absolute Gasteiger partial charge is 0.387 e. The van der Waals surface area contributed by atoms with Gasteiger partial charge < -0.3 is 19.8 Å². The van der Waals surface area contributed by atoms with E-state index in [-0.39, 0.29) is 19.1 Å². The van der Waals surface area contributed by atoms with Crippen LogP contribution in [0.2, 0.25) is 0 Å². The van der Waals surface area contributed by atoms with Gasteiger partial charge in [0.05, 0.1) is 39.9 Å². The lowest BCUT2D eigenvalue weighted by atomic mass is 10.1. The molecule has 0 rings (SSSR count). The van der Waals surface area contributed by atoms with Gasteiger partial charge in [-0.3, -0.25) is 13.8 Å². The van der Waals surface area contributed by atoms with E-state index >= 15 is 0 Å². The van der Waals surface area contributed by atoms with Gasteiger partial charge in [0.15, 0.2) is 0 Å². The minimum absolute atomic E-state index is 0.0552. The molecular weight excluding hydrogens is 479 g/mol. The van der Waals surface area contributed by atoms with Gasteiger partial charge in [0, 0.05) is 6.42 Å². The van der Waals surface area contributed by atoms with E-state index in [1.807, 2.05) is 34.1 Å². The summed E-state index contributed by atoms with van der Waals surface area (Å²) < 4.78 is 23.0. The largest absolute Gasteiger partial charge is 0.472 e. The van der Waals surface area contributed by atoms with Crippen molar-refractivity contribution < 1.29 is 32.9 Å². The highest BCUT2D eigenvalue weighted by Gasteiger charge is 2.27. The molecule has 0 aromatic heterocycles. The molecule has 0 spiro atoms. The monoisotopic (exact) mass is 533 g/mol. The molecule has 1 amide bonds. The lowest BCUT2D eigenvalue weighted by Crippen LogP contribution is -2.45. The zero-order valence-corrected chi connectivity index (χ0v) is 24.4. The number of carbonyl (C=O) groups is 1. The van der Waals surface area contributed by atoms with Crippen molar-refractivity contribution in [1.82, 2.24) is 5.32 Å². The molecule has 0 radical (unpaired) electrons. The highest BCUT2D eigenvalue weighted by molar-refractivity contribution is 7.47. The van der Waals surface area contributed by atoms with Gasteiger partial charge in [-0.2, -0.15) is 0 Å². The van der Waals surface area contributed by atoms with Crippen molar-refractivity contribution in [1.29, 1.82) is 0 Å². The number of likely N-dealkylation sites (N-methyl/N-ethyl adjacent to an activating group) is 1. The summed E-state index contributed by atoms with van der Waals surface area (Å²) in [6.07, 6.45) is 19.2. The summed E-state index contributed by atoms with van der Waals surface area (Å²) in [5.74, 6) is -0.228. The van der Waals surface area contributed by atoms with E-state index in [0.29, 0.717) is 17.4 Å². The summed E-state index contributed by atoms with van der Waals surface area (Å²) in [6, 6.07) is -0.851. The van der Waals surface area contributed by atoms with E-state index in [2.05, 4.69) is 24.4 Å². The SMILES string of the molecule is CCCCCCCC/C=C/CC/C=C/C(O)C(COP(=O)(O)OCC[N+](C)(C)C)NC(=O)CCCC. The molecule has 0 fully saturated rings. The Bertz CT molecular complexity index is 663. The van der Waals surface area contributed by atoms with Crippen molar-refractivity contribution >= 4 is 13.7 Å². The van der Waals surface area contributed by atoms with Crippen LogP contribution in [0.1, 0.15) is 90.9 Å².